The minimum absolute atomic E-state index is 0.156. The summed E-state index contributed by atoms with van der Waals surface area (Å²) < 4.78 is 1.81. The third-order valence-electron chi connectivity index (χ3n) is 3.94. The standard InChI is InChI=1S/C19H20N4O2S/c1-13-18(14(2)23(22-13)15-7-4-3-5-8-15)21-17(24)10-11-20-19(25)16-9-6-12-26-16/h3-9,12H,10-11H2,1-2H3,(H,20,25)(H,21,24). The quantitative estimate of drug-likeness (QED) is 0.701. The van der Waals surface area contributed by atoms with E-state index in [4.69, 9.17) is 0 Å². The molecule has 2 aromatic heterocycles. The summed E-state index contributed by atoms with van der Waals surface area (Å²) in [6.45, 7) is 4.06. The maximum Gasteiger partial charge on any atom is 0.261 e. The van der Waals surface area contributed by atoms with Crippen LogP contribution in [0, 0.1) is 13.8 Å². The van der Waals surface area contributed by atoms with Gasteiger partial charge in [0.05, 0.1) is 27.6 Å². The van der Waals surface area contributed by atoms with Crippen LogP contribution < -0.4 is 10.6 Å². The Morgan fingerprint density at radius 3 is 2.58 bits per heavy atom. The highest BCUT2D eigenvalue weighted by molar-refractivity contribution is 7.12. The third-order valence-corrected chi connectivity index (χ3v) is 4.81. The Morgan fingerprint density at radius 2 is 1.88 bits per heavy atom. The number of aryl methyl sites for hydroxylation is 1. The van der Waals surface area contributed by atoms with Gasteiger partial charge in [-0.25, -0.2) is 4.68 Å². The van der Waals surface area contributed by atoms with Gasteiger partial charge in [-0.05, 0) is 37.4 Å². The van der Waals surface area contributed by atoms with Gasteiger partial charge in [-0.15, -0.1) is 11.3 Å². The minimum Gasteiger partial charge on any atom is -0.351 e. The van der Waals surface area contributed by atoms with Crippen LogP contribution in [0.4, 0.5) is 5.69 Å². The van der Waals surface area contributed by atoms with Gasteiger partial charge in [0, 0.05) is 13.0 Å². The van der Waals surface area contributed by atoms with E-state index in [-0.39, 0.29) is 24.8 Å². The van der Waals surface area contributed by atoms with E-state index >= 15 is 0 Å². The second-order valence-corrected chi connectivity index (χ2v) is 6.77. The average molecular weight is 368 g/mol. The average Bonchev–Trinajstić information content (AvgIpc) is 3.27. The lowest BCUT2D eigenvalue weighted by Crippen LogP contribution is -2.27. The number of nitrogens with one attached hydrogen (secondary N) is 2. The molecule has 0 spiro atoms. The molecule has 0 aliphatic carbocycles. The van der Waals surface area contributed by atoms with Crippen LogP contribution >= 0.6 is 11.3 Å². The van der Waals surface area contributed by atoms with Crippen molar-refractivity contribution in [3.63, 3.8) is 0 Å². The SMILES string of the molecule is Cc1nn(-c2ccccc2)c(C)c1NC(=O)CCNC(=O)c1cccs1. The van der Waals surface area contributed by atoms with Crippen molar-refractivity contribution >= 4 is 28.8 Å². The molecule has 134 valence electrons. The van der Waals surface area contributed by atoms with Gasteiger partial charge in [-0.1, -0.05) is 24.3 Å². The van der Waals surface area contributed by atoms with Crippen molar-refractivity contribution in [1.29, 1.82) is 0 Å². The maximum atomic E-state index is 12.2. The summed E-state index contributed by atoms with van der Waals surface area (Å²) in [4.78, 5) is 24.7. The smallest absolute Gasteiger partial charge is 0.261 e. The number of aromatic nitrogens is 2. The molecule has 2 N–H and O–H groups in total. The summed E-state index contributed by atoms with van der Waals surface area (Å²) >= 11 is 1.37. The number of para-hydroxylation sites is 1. The maximum absolute atomic E-state index is 12.2. The first-order chi connectivity index (χ1) is 12.6. The molecule has 0 fully saturated rings. The Morgan fingerprint density at radius 1 is 1.12 bits per heavy atom. The van der Waals surface area contributed by atoms with E-state index in [2.05, 4.69) is 15.7 Å². The fourth-order valence-corrected chi connectivity index (χ4v) is 3.27. The number of rotatable bonds is 6. The summed E-state index contributed by atoms with van der Waals surface area (Å²) in [5.41, 5.74) is 3.27. The van der Waals surface area contributed by atoms with Crippen molar-refractivity contribution in [2.75, 3.05) is 11.9 Å². The highest BCUT2D eigenvalue weighted by Gasteiger charge is 2.15. The van der Waals surface area contributed by atoms with Crippen LogP contribution in [0.5, 0.6) is 0 Å². The predicted octanol–water partition coefficient (Wildman–Crippen LogP) is 3.31. The molecular formula is C19H20N4O2S. The van der Waals surface area contributed by atoms with Crippen molar-refractivity contribution < 1.29 is 9.59 Å². The summed E-state index contributed by atoms with van der Waals surface area (Å²) in [6.07, 6.45) is 0.201. The number of carbonyl (C=O) groups excluding carboxylic acids is 2. The summed E-state index contributed by atoms with van der Waals surface area (Å²) in [6, 6.07) is 13.3. The molecule has 0 bridgehead atoms. The number of hydrogen-bond acceptors (Lipinski definition) is 4. The molecule has 1 aromatic carbocycles. The molecule has 2 heterocycles. The molecule has 3 aromatic rings. The molecule has 0 saturated heterocycles. The molecule has 3 rings (SSSR count). The monoisotopic (exact) mass is 368 g/mol. The van der Waals surface area contributed by atoms with E-state index in [1.807, 2.05) is 60.3 Å². The molecule has 0 unspecified atom stereocenters. The Hall–Kier alpha value is -2.93. The van der Waals surface area contributed by atoms with Gasteiger partial charge in [0.15, 0.2) is 0 Å². The molecule has 26 heavy (non-hydrogen) atoms. The number of amides is 2. The van der Waals surface area contributed by atoms with Gasteiger partial charge in [-0.3, -0.25) is 9.59 Å². The lowest BCUT2D eigenvalue weighted by molar-refractivity contribution is -0.116. The van der Waals surface area contributed by atoms with E-state index in [9.17, 15) is 9.59 Å². The van der Waals surface area contributed by atoms with Crippen molar-refractivity contribution in [2.24, 2.45) is 0 Å². The predicted molar refractivity (Wildman–Crippen MR) is 103 cm³/mol. The highest BCUT2D eigenvalue weighted by atomic mass is 32.1. The first-order valence-corrected chi connectivity index (χ1v) is 9.17. The number of thiophene rings is 1. The molecular weight excluding hydrogens is 348 g/mol. The lowest BCUT2D eigenvalue weighted by Gasteiger charge is -2.08. The van der Waals surface area contributed by atoms with Gasteiger partial charge in [0.1, 0.15) is 0 Å². The summed E-state index contributed by atoms with van der Waals surface area (Å²) in [7, 11) is 0. The molecule has 0 atom stereocenters. The van der Waals surface area contributed by atoms with Crippen LogP contribution in [0.3, 0.4) is 0 Å². The zero-order valence-electron chi connectivity index (χ0n) is 14.7. The fourth-order valence-electron chi connectivity index (χ4n) is 2.63. The highest BCUT2D eigenvalue weighted by Crippen LogP contribution is 2.22. The minimum atomic E-state index is -0.157. The van der Waals surface area contributed by atoms with Crippen LogP contribution in [-0.4, -0.2) is 28.1 Å². The number of carbonyl (C=O) groups is 2. The van der Waals surface area contributed by atoms with Crippen LogP contribution in [-0.2, 0) is 4.79 Å². The topological polar surface area (TPSA) is 76.0 Å². The van der Waals surface area contributed by atoms with Gasteiger partial charge >= 0.3 is 0 Å². The van der Waals surface area contributed by atoms with E-state index in [1.54, 1.807) is 6.07 Å². The molecule has 0 radical (unpaired) electrons. The Labute approximate surface area is 155 Å². The number of hydrogen-bond donors (Lipinski definition) is 2. The first kappa shape index (κ1) is 17.9. The second kappa shape index (κ2) is 7.97. The van der Waals surface area contributed by atoms with Crippen molar-refractivity contribution in [1.82, 2.24) is 15.1 Å². The van der Waals surface area contributed by atoms with Crippen molar-refractivity contribution in [3.05, 3.63) is 64.1 Å². The zero-order valence-corrected chi connectivity index (χ0v) is 15.5. The van der Waals surface area contributed by atoms with Crippen LogP contribution in [0.25, 0.3) is 5.69 Å². The summed E-state index contributed by atoms with van der Waals surface area (Å²) in [5.74, 6) is -0.313. The van der Waals surface area contributed by atoms with E-state index in [1.165, 1.54) is 11.3 Å². The van der Waals surface area contributed by atoms with Gasteiger partial charge < -0.3 is 10.6 Å². The number of benzene rings is 1. The first-order valence-electron chi connectivity index (χ1n) is 8.29. The Bertz CT molecular complexity index is 901. The molecule has 0 saturated carbocycles. The molecule has 0 aliphatic heterocycles. The van der Waals surface area contributed by atoms with Crippen molar-refractivity contribution in [3.8, 4) is 5.69 Å². The van der Waals surface area contributed by atoms with E-state index in [0.29, 0.717) is 10.6 Å². The summed E-state index contributed by atoms with van der Waals surface area (Å²) in [5, 5.41) is 12.0. The number of anilines is 1. The third kappa shape index (κ3) is 4.00. The van der Waals surface area contributed by atoms with Gasteiger partial charge in [-0.2, -0.15) is 5.10 Å². The van der Waals surface area contributed by atoms with Gasteiger partial charge in [0.2, 0.25) is 5.91 Å². The normalized spacial score (nSPS) is 10.5. The van der Waals surface area contributed by atoms with Crippen LogP contribution in [0.1, 0.15) is 27.5 Å². The molecule has 7 heteroatoms. The van der Waals surface area contributed by atoms with Crippen LogP contribution in [0.15, 0.2) is 47.8 Å². The molecule has 6 nitrogen and oxygen atoms in total. The van der Waals surface area contributed by atoms with E-state index < -0.39 is 0 Å². The van der Waals surface area contributed by atoms with Crippen molar-refractivity contribution in [2.45, 2.75) is 20.3 Å². The van der Waals surface area contributed by atoms with E-state index in [0.717, 1.165) is 17.1 Å². The largest absolute Gasteiger partial charge is 0.351 e. The number of nitrogens with zero attached hydrogens (tertiary/aromatic N) is 2. The zero-order chi connectivity index (χ0) is 18.5. The second-order valence-electron chi connectivity index (χ2n) is 5.82. The molecule has 2 amide bonds. The Kier molecular flexibility index (Phi) is 5.48. The molecule has 0 aliphatic rings. The van der Waals surface area contributed by atoms with Crippen LogP contribution in [0.2, 0.25) is 0 Å². The fraction of sp³-hybridized carbons (Fsp3) is 0.211. The Balaban J connectivity index is 1.59. The lowest BCUT2D eigenvalue weighted by atomic mass is 10.2. The van der Waals surface area contributed by atoms with Gasteiger partial charge in [0.25, 0.3) is 5.91 Å².